The van der Waals surface area contributed by atoms with E-state index in [9.17, 15) is 12.6 Å². The van der Waals surface area contributed by atoms with Crippen LogP contribution >= 0.6 is 0 Å². The second-order valence-electron chi connectivity index (χ2n) is 9.39. The molecule has 9 heteroatoms. The Morgan fingerprint density at radius 3 is 2.29 bits per heavy atom. The van der Waals surface area contributed by atoms with Gasteiger partial charge in [0, 0.05) is 32.6 Å². The van der Waals surface area contributed by atoms with Gasteiger partial charge in [-0.3, -0.25) is 4.31 Å². The van der Waals surface area contributed by atoms with Crippen LogP contribution in [0, 0.1) is 16.6 Å². The number of hydrogen-bond donors (Lipinski definition) is 2. The van der Waals surface area contributed by atoms with Crippen molar-refractivity contribution in [2.45, 2.75) is 49.8 Å². The third-order valence-corrected chi connectivity index (χ3v) is 9.01. The first-order valence-electron chi connectivity index (χ1n) is 11.8. The molecule has 1 heterocycles. The SMILES string of the molecule is CCc1ccc(N(CC(C)C)S(=O)(=O)c2ccc(NCC3CCOCC3)c(S(C)(=N)=O)c2)cc1. The molecule has 188 valence electrons. The average Bonchev–Trinajstić information content (AvgIpc) is 2.81. The number of ether oxygens (including phenoxy) is 1. The van der Waals surface area contributed by atoms with Gasteiger partial charge in [-0.25, -0.2) is 17.4 Å². The summed E-state index contributed by atoms with van der Waals surface area (Å²) in [6.45, 7) is 8.44. The van der Waals surface area contributed by atoms with Crippen molar-refractivity contribution >= 4 is 31.1 Å². The minimum atomic E-state index is -3.92. The Hall–Kier alpha value is -2.10. The Balaban J connectivity index is 1.97. The molecular weight excluding hydrogens is 470 g/mol. The van der Waals surface area contributed by atoms with Gasteiger partial charge in [-0.15, -0.1) is 0 Å². The fourth-order valence-corrected chi connectivity index (χ4v) is 6.68. The molecule has 0 spiro atoms. The van der Waals surface area contributed by atoms with Crippen molar-refractivity contribution in [2.24, 2.45) is 11.8 Å². The second-order valence-corrected chi connectivity index (χ2v) is 13.4. The fraction of sp³-hybridized carbons (Fsp3) is 0.520. The summed E-state index contributed by atoms with van der Waals surface area (Å²) in [5.41, 5.74) is 2.28. The topological polar surface area (TPSA) is 99.6 Å². The Bertz CT molecular complexity index is 1170. The van der Waals surface area contributed by atoms with E-state index in [0.29, 0.717) is 30.4 Å². The molecule has 1 saturated heterocycles. The number of sulfonamides is 1. The number of aryl methyl sites for hydroxylation is 1. The summed E-state index contributed by atoms with van der Waals surface area (Å²) in [6, 6.07) is 12.1. The maximum atomic E-state index is 13.8. The molecule has 2 N–H and O–H groups in total. The molecule has 0 aromatic heterocycles. The molecule has 1 unspecified atom stereocenters. The van der Waals surface area contributed by atoms with E-state index < -0.39 is 19.8 Å². The van der Waals surface area contributed by atoms with Crippen LogP contribution in [0.3, 0.4) is 0 Å². The van der Waals surface area contributed by atoms with Crippen LogP contribution in [-0.2, 0) is 30.9 Å². The lowest BCUT2D eigenvalue weighted by Crippen LogP contribution is -2.34. The zero-order valence-electron chi connectivity index (χ0n) is 20.5. The van der Waals surface area contributed by atoms with Crippen molar-refractivity contribution in [3.63, 3.8) is 0 Å². The van der Waals surface area contributed by atoms with Crippen molar-refractivity contribution in [2.75, 3.05) is 42.2 Å². The molecule has 1 fully saturated rings. The van der Waals surface area contributed by atoms with Gasteiger partial charge in [-0.2, -0.15) is 0 Å². The molecule has 1 aliphatic heterocycles. The van der Waals surface area contributed by atoms with Crippen LogP contribution in [0.5, 0.6) is 0 Å². The van der Waals surface area contributed by atoms with Crippen molar-refractivity contribution in [1.29, 1.82) is 4.78 Å². The van der Waals surface area contributed by atoms with Crippen LogP contribution < -0.4 is 9.62 Å². The normalized spacial score (nSPS) is 16.9. The van der Waals surface area contributed by atoms with E-state index in [-0.39, 0.29) is 15.7 Å². The number of hydrogen-bond acceptors (Lipinski definition) is 6. The lowest BCUT2D eigenvalue weighted by molar-refractivity contribution is 0.0699. The van der Waals surface area contributed by atoms with Crippen molar-refractivity contribution in [3.8, 4) is 0 Å². The van der Waals surface area contributed by atoms with Crippen molar-refractivity contribution < 1.29 is 17.4 Å². The fourth-order valence-electron chi connectivity index (χ4n) is 4.04. The standard InChI is InChI=1S/C25H37N3O4S2/c1-5-20-6-8-22(9-7-20)28(18-19(2)3)34(30,31)23-10-11-24(25(16-23)33(4,26)29)27-17-21-12-14-32-15-13-21/h6-11,16,19,21,26-27H,5,12-15,17-18H2,1-4H3. The van der Waals surface area contributed by atoms with Crippen LogP contribution in [0.15, 0.2) is 52.3 Å². The predicted molar refractivity (Wildman–Crippen MR) is 139 cm³/mol. The molecule has 0 radical (unpaired) electrons. The highest BCUT2D eigenvalue weighted by Crippen LogP contribution is 2.31. The van der Waals surface area contributed by atoms with E-state index in [4.69, 9.17) is 9.52 Å². The quantitative estimate of drug-likeness (QED) is 0.473. The van der Waals surface area contributed by atoms with Gasteiger partial charge in [-0.1, -0.05) is 32.9 Å². The maximum absolute atomic E-state index is 13.8. The van der Waals surface area contributed by atoms with Crippen LogP contribution in [0.2, 0.25) is 0 Å². The Kier molecular flexibility index (Phi) is 8.65. The van der Waals surface area contributed by atoms with E-state index in [1.165, 1.54) is 16.6 Å². The molecule has 2 aromatic carbocycles. The Morgan fingerprint density at radius 1 is 1.09 bits per heavy atom. The summed E-state index contributed by atoms with van der Waals surface area (Å²) >= 11 is 0. The van der Waals surface area contributed by atoms with E-state index in [2.05, 4.69) is 12.2 Å². The lowest BCUT2D eigenvalue weighted by Gasteiger charge is -2.27. The summed E-state index contributed by atoms with van der Waals surface area (Å²) in [5, 5.41) is 3.31. The lowest BCUT2D eigenvalue weighted by atomic mass is 10.0. The van der Waals surface area contributed by atoms with E-state index in [1.807, 2.05) is 38.1 Å². The van der Waals surface area contributed by atoms with E-state index in [0.717, 1.165) is 38.0 Å². The molecule has 34 heavy (non-hydrogen) atoms. The first-order chi connectivity index (χ1) is 16.0. The molecule has 7 nitrogen and oxygen atoms in total. The first kappa shape index (κ1) is 26.5. The first-order valence-corrected chi connectivity index (χ1v) is 15.2. The van der Waals surface area contributed by atoms with Gasteiger partial charge in [-0.05, 0) is 67.0 Å². The summed E-state index contributed by atoms with van der Waals surface area (Å²) in [6.07, 6.45) is 4.08. The average molecular weight is 508 g/mol. The highest BCUT2D eigenvalue weighted by molar-refractivity contribution is 7.93. The Labute approximate surface area is 204 Å². The van der Waals surface area contributed by atoms with Crippen LogP contribution in [-0.4, -0.2) is 45.2 Å². The van der Waals surface area contributed by atoms with Gasteiger partial charge in [0.05, 0.1) is 30.9 Å². The number of anilines is 2. The largest absolute Gasteiger partial charge is 0.384 e. The smallest absolute Gasteiger partial charge is 0.264 e. The van der Waals surface area contributed by atoms with Crippen molar-refractivity contribution in [1.82, 2.24) is 0 Å². The molecular formula is C25H37N3O4S2. The van der Waals surface area contributed by atoms with Crippen LogP contribution in [0.1, 0.15) is 39.2 Å². The van der Waals surface area contributed by atoms with Crippen molar-refractivity contribution in [3.05, 3.63) is 48.0 Å². The molecule has 1 aliphatic rings. The molecule has 2 aromatic rings. The van der Waals surface area contributed by atoms with Crippen LogP contribution in [0.4, 0.5) is 11.4 Å². The van der Waals surface area contributed by atoms with Gasteiger partial charge >= 0.3 is 0 Å². The second kappa shape index (κ2) is 11.1. The van der Waals surface area contributed by atoms with Gasteiger partial charge in [0.2, 0.25) is 0 Å². The van der Waals surface area contributed by atoms with Gasteiger partial charge < -0.3 is 10.1 Å². The third kappa shape index (κ3) is 6.52. The summed E-state index contributed by atoms with van der Waals surface area (Å²) in [4.78, 5) is 0.257. The zero-order valence-corrected chi connectivity index (χ0v) is 22.2. The molecule has 0 aliphatic carbocycles. The highest BCUT2D eigenvalue weighted by atomic mass is 32.2. The Morgan fingerprint density at radius 2 is 1.74 bits per heavy atom. The van der Waals surface area contributed by atoms with Crippen LogP contribution in [0.25, 0.3) is 0 Å². The number of nitrogens with one attached hydrogen (secondary N) is 2. The summed E-state index contributed by atoms with van der Waals surface area (Å²) in [5.74, 6) is 0.531. The summed E-state index contributed by atoms with van der Waals surface area (Å²) < 4.78 is 55.4. The maximum Gasteiger partial charge on any atom is 0.264 e. The zero-order chi connectivity index (χ0) is 24.9. The van der Waals surface area contributed by atoms with Gasteiger partial charge in [0.1, 0.15) is 0 Å². The molecule has 1 atom stereocenters. The highest BCUT2D eigenvalue weighted by Gasteiger charge is 2.28. The predicted octanol–water partition coefficient (Wildman–Crippen LogP) is 4.97. The molecule has 3 rings (SSSR count). The third-order valence-electron chi connectivity index (χ3n) is 6.05. The monoisotopic (exact) mass is 507 g/mol. The van der Waals surface area contributed by atoms with Gasteiger partial charge in [0.15, 0.2) is 0 Å². The number of rotatable bonds is 10. The molecule has 0 saturated carbocycles. The van der Waals surface area contributed by atoms with E-state index in [1.54, 1.807) is 12.1 Å². The van der Waals surface area contributed by atoms with E-state index >= 15 is 0 Å². The molecule has 0 amide bonds. The summed E-state index contributed by atoms with van der Waals surface area (Å²) in [7, 11) is -7.09. The minimum Gasteiger partial charge on any atom is -0.384 e. The molecule has 0 bridgehead atoms. The minimum absolute atomic E-state index is 0.0427. The number of nitrogens with zero attached hydrogens (tertiary/aromatic N) is 1. The number of benzene rings is 2. The van der Waals surface area contributed by atoms with Gasteiger partial charge in [0.25, 0.3) is 10.0 Å².